The summed E-state index contributed by atoms with van der Waals surface area (Å²) < 4.78 is 5.93. The van der Waals surface area contributed by atoms with Crippen molar-refractivity contribution < 1.29 is 14.6 Å². The predicted molar refractivity (Wildman–Crippen MR) is 85.3 cm³/mol. The van der Waals surface area contributed by atoms with Crippen molar-refractivity contribution in [1.29, 1.82) is 0 Å². The van der Waals surface area contributed by atoms with Crippen molar-refractivity contribution in [2.45, 2.75) is 32.9 Å². The van der Waals surface area contributed by atoms with Crippen molar-refractivity contribution in [2.75, 3.05) is 5.32 Å². The maximum absolute atomic E-state index is 11.0. The van der Waals surface area contributed by atoms with E-state index in [4.69, 9.17) is 9.84 Å². The summed E-state index contributed by atoms with van der Waals surface area (Å²) in [7, 11) is 0. The average Bonchev–Trinajstić information content (AvgIpc) is 2.45. The van der Waals surface area contributed by atoms with Gasteiger partial charge in [-0.15, -0.1) is 0 Å². The van der Waals surface area contributed by atoms with Crippen LogP contribution in [0.15, 0.2) is 42.7 Å². The van der Waals surface area contributed by atoms with E-state index in [0.717, 1.165) is 11.3 Å². The average molecular weight is 300 g/mol. The number of aromatic carboxylic acids is 1. The van der Waals surface area contributed by atoms with Crippen molar-refractivity contribution in [1.82, 2.24) is 4.98 Å². The number of anilines is 1. The lowest BCUT2D eigenvalue weighted by Crippen LogP contribution is -2.23. The first-order valence-corrected chi connectivity index (χ1v) is 7.04. The number of carboxylic acids is 1. The molecule has 0 aliphatic heterocycles. The third-order valence-electron chi connectivity index (χ3n) is 2.86. The number of rotatable bonds is 5. The van der Waals surface area contributed by atoms with Gasteiger partial charge in [0.2, 0.25) is 0 Å². The minimum Gasteiger partial charge on any atom is -0.488 e. The van der Waals surface area contributed by atoms with Gasteiger partial charge in [0.15, 0.2) is 0 Å². The van der Waals surface area contributed by atoms with Crippen LogP contribution in [0.2, 0.25) is 0 Å². The van der Waals surface area contributed by atoms with Gasteiger partial charge in [0.1, 0.15) is 11.4 Å². The Hall–Kier alpha value is -2.56. The lowest BCUT2D eigenvalue weighted by atomic mass is 10.1. The van der Waals surface area contributed by atoms with Crippen molar-refractivity contribution in [2.24, 2.45) is 0 Å². The normalized spacial score (nSPS) is 11.0. The van der Waals surface area contributed by atoms with E-state index in [1.54, 1.807) is 12.3 Å². The van der Waals surface area contributed by atoms with Crippen LogP contribution in [0.1, 0.15) is 36.7 Å². The van der Waals surface area contributed by atoms with Crippen LogP contribution in [0.4, 0.5) is 5.69 Å². The van der Waals surface area contributed by atoms with Crippen molar-refractivity contribution in [3.8, 4) is 5.75 Å². The highest BCUT2D eigenvalue weighted by Crippen LogP contribution is 2.24. The number of benzene rings is 1. The largest absolute Gasteiger partial charge is 0.488 e. The summed E-state index contributed by atoms with van der Waals surface area (Å²) in [6.07, 6.45) is 2.92. The first kappa shape index (κ1) is 15.8. The Kier molecular flexibility index (Phi) is 4.65. The molecule has 0 atom stereocenters. The molecule has 5 heteroatoms. The zero-order valence-corrected chi connectivity index (χ0v) is 13.0. The fourth-order valence-electron chi connectivity index (χ4n) is 1.93. The number of ether oxygens (including phenoxy) is 1. The topological polar surface area (TPSA) is 71.5 Å². The Morgan fingerprint density at radius 3 is 2.68 bits per heavy atom. The number of hydrogen-bond acceptors (Lipinski definition) is 4. The van der Waals surface area contributed by atoms with Crippen LogP contribution >= 0.6 is 0 Å². The highest BCUT2D eigenvalue weighted by molar-refractivity contribution is 5.88. The molecule has 2 N–H and O–H groups in total. The van der Waals surface area contributed by atoms with E-state index in [9.17, 15) is 4.79 Å². The van der Waals surface area contributed by atoms with Crippen LogP contribution in [0.5, 0.6) is 5.75 Å². The highest BCUT2D eigenvalue weighted by Gasteiger charge is 2.14. The molecule has 116 valence electrons. The first-order chi connectivity index (χ1) is 10.3. The molecule has 0 spiro atoms. The van der Waals surface area contributed by atoms with Gasteiger partial charge in [-0.1, -0.05) is 18.2 Å². The Balaban J connectivity index is 2.12. The van der Waals surface area contributed by atoms with Gasteiger partial charge in [-0.05, 0) is 32.9 Å². The number of hydrogen-bond donors (Lipinski definition) is 2. The SMILES string of the molecule is CC(C)(C)Oc1ccccc1CNc1cncc(C(=O)O)c1. The summed E-state index contributed by atoms with van der Waals surface area (Å²) >= 11 is 0. The smallest absolute Gasteiger partial charge is 0.337 e. The van der Waals surface area contributed by atoms with E-state index in [1.165, 1.54) is 6.20 Å². The summed E-state index contributed by atoms with van der Waals surface area (Å²) in [5, 5.41) is 12.2. The molecule has 0 fully saturated rings. The van der Waals surface area contributed by atoms with Gasteiger partial charge in [0, 0.05) is 24.5 Å². The number of nitrogens with one attached hydrogen (secondary N) is 1. The highest BCUT2D eigenvalue weighted by atomic mass is 16.5. The minimum absolute atomic E-state index is 0.157. The van der Waals surface area contributed by atoms with E-state index in [2.05, 4.69) is 10.3 Å². The van der Waals surface area contributed by atoms with Crippen LogP contribution in [-0.2, 0) is 6.54 Å². The maximum Gasteiger partial charge on any atom is 0.337 e. The number of carboxylic acid groups (broad SMARTS) is 1. The quantitative estimate of drug-likeness (QED) is 0.883. The molecule has 2 aromatic rings. The summed E-state index contributed by atoms with van der Waals surface area (Å²) in [6.45, 7) is 6.52. The van der Waals surface area contributed by atoms with Gasteiger partial charge >= 0.3 is 5.97 Å². The summed E-state index contributed by atoms with van der Waals surface area (Å²) in [5.41, 5.74) is 1.54. The van der Waals surface area contributed by atoms with Gasteiger partial charge in [-0.25, -0.2) is 4.79 Å². The zero-order valence-electron chi connectivity index (χ0n) is 13.0. The third kappa shape index (κ3) is 4.48. The van der Waals surface area contributed by atoms with E-state index < -0.39 is 5.97 Å². The second-order valence-electron chi connectivity index (χ2n) is 5.94. The molecular formula is C17H20N2O3. The molecule has 5 nitrogen and oxygen atoms in total. The zero-order chi connectivity index (χ0) is 16.2. The van der Waals surface area contributed by atoms with Crippen LogP contribution in [0, 0.1) is 0 Å². The maximum atomic E-state index is 11.0. The Morgan fingerprint density at radius 2 is 2.00 bits per heavy atom. The number of carbonyl (C=O) groups is 1. The molecule has 0 unspecified atom stereocenters. The standard InChI is InChI=1S/C17H20N2O3/c1-17(2,3)22-15-7-5-4-6-12(15)10-19-14-8-13(16(20)21)9-18-11-14/h4-9,11,19H,10H2,1-3H3,(H,20,21). The van der Waals surface area contributed by atoms with Gasteiger partial charge in [0.25, 0.3) is 0 Å². The fraction of sp³-hybridized carbons (Fsp3) is 0.294. The van der Waals surface area contributed by atoms with Crippen molar-refractivity contribution in [3.63, 3.8) is 0 Å². The van der Waals surface area contributed by atoms with E-state index in [0.29, 0.717) is 12.2 Å². The molecule has 0 radical (unpaired) electrons. The van der Waals surface area contributed by atoms with Crippen molar-refractivity contribution >= 4 is 11.7 Å². The lowest BCUT2D eigenvalue weighted by molar-refractivity contribution is 0.0696. The molecule has 1 aromatic heterocycles. The van der Waals surface area contributed by atoms with E-state index >= 15 is 0 Å². The summed E-state index contributed by atoms with van der Waals surface area (Å²) in [5.74, 6) is -0.183. The molecule has 22 heavy (non-hydrogen) atoms. The summed E-state index contributed by atoms with van der Waals surface area (Å²) in [4.78, 5) is 14.9. The Morgan fingerprint density at radius 1 is 1.27 bits per heavy atom. The number of pyridine rings is 1. The number of nitrogens with zero attached hydrogens (tertiary/aromatic N) is 1. The van der Waals surface area contributed by atoms with Crippen molar-refractivity contribution in [3.05, 3.63) is 53.9 Å². The second-order valence-corrected chi connectivity index (χ2v) is 5.94. The first-order valence-electron chi connectivity index (χ1n) is 7.04. The molecule has 0 aliphatic carbocycles. The molecule has 0 aliphatic rings. The van der Waals surface area contributed by atoms with Gasteiger partial charge in [-0.2, -0.15) is 0 Å². The van der Waals surface area contributed by atoms with Gasteiger partial charge in [-0.3, -0.25) is 4.98 Å². The molecular weight excluding hydrogens is 280 g/mol. The summed E-state index contributed by atoms with van der Waals surface area (Å²) in [6, 6.07) is 9.33. The van der Waals surface area contributed by atoms with Gasteiger partial charge in [0.05, 0.1) is 11.3 Å². The molecule has 1 aromatic carbocycles. The molecule has 0 amide bonds. The molecule has 0 bridgehead atoms. The number of para-hydroxylation sites is 1. The minimum atomic E-state index is -0.993. The van der Waals surface area contributed by atoms with E-state index in [1.807, 2.05) is 45.0 Å². The number of aromatic nitrogens is 1. The third-order valence-corrected chi connectivity index (χ3v) is 2.86. The van der Waals surface area contributed by atoms with Crippen LogP contribution in [-0.4, -0.2) is 21.7 Å². The molecule has 0 saturated heterocycles. The molecule has 0 saturated carbocycles. The van der Waals surface area contributed by atoms with Gasteiger partial charge < -0.3 is 15.2 Å². The Labute approximate surface area is 130 Å². The lowest BCUT2D eigenvalue weighted by Gasteiger charge is -2.23. The molecule has 2 rings (SSSR count). The van der Waals surface area contributed by atoms with Crippen LogP contribution in [0.3, 0.4) is 0 Å². The van der Waals surface area contributed by atoms with Crippen LogP contribution < -0.4 is 10.1 Å². The molecule has 1 heterocycles. The predicted octanol–water partition coefficient (Wildman–Crippen LogP) is 3.57. The second kappa shape index (κ2) is 6.47. The fourth-order valence-corrected chi connectivity index (χ4v) is 1.93. The van der Waals surface area contributed by atoms with E-state index in [-0.39, 0.29) is 11.2 Å². The monoisotopic (exact) mass is 300 g/mol. The Bertz CT molecular complexity index is 663. The van der Waals surface area contributed by atoms with Crippen LogP contribution in [0.25, 0.3) is 0 Å².